The van der Waals surface area contributed by atoms with Crippen LogP contribution in [0.2, 0.25) is 0 Å². The van der Waals surface area contributed by atoms with Crippen molar-refractivity contribution >= 4 is 23.0 Å². The molecule has 0 radical (unpaired) electrons. The zero-order chi connectivity index (χ0) is 19.7. The number of carbonyl (C=O) groups excluding carboxylic acids is 2. The van der Waals surface area contributed by atoms with Gasteiger partial charge in [-0.2, -0.15) is 0 Å². The predicted octanol–water partition coefficient (Wildman–Crippen LogP) is 3.85. The summed E-state index contributed by atoms with van der Waals surface area (Å²) in [6.07, 6.45) is 1.31. The summed E-state index contributed by atoms with van der Waals surface area (Å²) in [6, 6.07) is 7.01. The van der Waals surface area contributed by atoms with Crippen molar-refractivity contribution < 1.29 is 19.1 Å². The van der Waals surface area contributed by atoms with E-state index in [1.54, 1.807) is 27.8 Å². The van der Waals surface area contributed by atoms with Crippen molar-refractivity contribution in [3.05, 3.63) is 36.0 Å². The summed E-state index contributed by atoms with van der Waals surface area (Å²) < 4.78 is 10.5. The van der Waals surface area contributed by atoms with Crippen LogP contribution < -0.4 is 0 Å². The van der Waals surface area contributed by atoms with Gasteiger partial charge in [-0.05, 0) is 32.4 Å². The van der Waals surface area contributed by atoms with Crippen LogP contribution in [-0.2, 0) is 19.7 Å². The summed E-state index contributed by atoms with van der Waals surface area (Å²) in [5.41, 5.74) is 0.535. The summed E-state index contributed by atoms with van der Waals surface area (Å²) in [4.78, 5) is 29.8. The van der Waals surface area contributed by atoms with E-state index in [0.29, 0.717) is 0 Å². The lowest BCUT2D eigenvalue weighted by atomic mass is 9.77. The van der Waals surface area contributed by atoms with Crippen molar-refractivity contribution in [1.82, 2.24) is 9.88 Å². The highest BCUT2D eigenvalue weighted by molar-refractivity contribution is 5.88. The Morgan fingerprint density at radius 3 is 2.31 bits per heavy atom. The molecule has 1 atom stereocenters. The Bertz CT molecular complexity index is 801. The minimum absolute atomic E-state index is 0.492. The number of nitrogens with one attached hydrogen (secondary N) is 1. The van der Waals surface area contributed by atoms with Gasteiger partial charge in [-0.1, -0.05) is 32.0 Å². The van der Waals surface area contributed by atoms with E-state index < -0.39 is 29.1 Å². The van der Waals surface area contributed by atoms with Crippen LogP contribution in [0, 0.1) is 0 Å². The normalized spacial score (nSPS) is 13.3. The van der Waals surface area contributed by atoms with Gasteiger partial charge in [-0.15, -0.1) is 0 Å². The second-order valence-electron chi connectivity index (χ2n) is 7.99. The number of amides is 1. The average molecular weight is 360 g/mol. The molecule has 0 saturated carbocycles. The molecule has 26 heavy (non-hydrogen) atoms. The molecule has 1 aromatic heterocycles. The Kier molecular flexibility index (Phi) is 5.35. The average Bonchev–Trinajstić information content (AvgIpc) is 2.97. The molecule has 0 saturated heterocycles. The summed E-state index contributed by atoms with van der Waals surface area (Å²) in [5, 5.41) is 1.00. The molecule has 1 heterocycles. The maximum atomic E-state index is 12.6. The molecule has 0 unspecified atom stereocenters. The summed E-state index contributed by atoms with van der Waals surface area (Å²) in [6.45, 7) is 9.21. The number of rotatable bonds is 4. The van der Waals surface area contributed by atoms with Crippen molar-refractivity contribution in [2.45, 2.75) is 51.7 Å². The maximum absolute atomic E-state index is 12.6. The molecule has 0 aliphatic rings. The molecule has 0 fully saturated rings. The van der Waals surface area contributed by atoms with E-state index in [1.807, 2.05) is 44.3 Å². The highest BCUT2D eigenvalue weighted by Gasteiger charge is 2.44. The quantitative estimate of drug-likeness (QED) is 0.841. The van der Waals surface area contributed by atoms with E-state index in [9.17, 15) is 9.59 Å². The molecular weight excluding hydrogens is 332 g/mol. The molecule has 1 aromatic carbocycles. The van der Waals surface area contributed by atoms with Crippen LogP contribution in [0.5, 0.6) is 0 Å². The van der Waals surface area contributed by atoms with E-state index in [-0.39, 0.29) is 0 Å². The number of aromatic amines is 1. The number of aromatic nitrogens is 1. The van der Waals surface area contributed by atoms with Crippen LogP contribution in [0.15, 0.2) is 30.5 Å². The first-order valence-electron chi connectivity index (χ1n) is 8.59. The SMILES string of the molecule is COC(=O)[C@@H](N(C)C(=O)OC(C)(C)C)C(C)(C)c1c[nH]c2ccccc12. The Labute approximate surface area is 154 Å². The molecule has 1 N–H and O–H groups in total. The number of likely N-dealkylation sites (N-methyl/N-ethyl adjacent to an activating group) is 1. The standard InChI is InChI=1S/C20H28N2O4/c1-19(2,3)26-18(24)22(6)16(17(23)25-7)20(4,5)14-12-21-15-11-9-8-10-13(14)15/h8-12,16,21H,1-7H3/t16-/m1/s1. The predicted molar refractivity (Wildman–Crippen MR) is 101 cm³/mol. The third kappa shape index (κ3) is 3.84. The van der Waals surface area contributed by atoms with Crippen LogP contribution in [-0.4, -0.2) is 47.7 Å². The van der Waals surface area contributed by atoms with Crippen molar-refractivity contribution in [2.75, 3.05) is 14.2 Å². The monoisotopic (exact) mass is 360 g/mol. The molecule has 2 rings (SSSR count). The fourth-order valence-electron chi connectivity index (χ4n) is 3.24. The van der Waals surface area contributed by atoms with Crippen LogP contribution >= 0.6 is 0 Å². The fraction of sp³-hybridized carbons (Fsp3) is 0.500. The topological polar surface area (TPSA) is 71.6 Å². The van der Waals surface area contributed by atoms with Gasteiger partial charge in [-0.25, -0.2) is 9.59 Å². The largest absolute Gasteiger partial charge is 0.467 e. The minimum Gasteiger partial charge on any atom is -0.467 e. The van der Waals surface area contributed by atoms with Crippen LogP contribution in [0.3, 0.4) is 0 Å². The molecule has 142 valence electrons. The Balaban J connectivity index is 2.48. The third-order valence-electron chi connectivity index (χ3n) is 4.46. The number of hydrogen-bond donors (Lipinski definition) is 1. The van der Waals surface area contributed by atoms with Gasteiger partial charge in [0.1, 0.15) is 11.6 Å². The first-order valence-corrected chi connectivity index (χ1v) is 8.59. The van der Waals surface area contributed by atoms with Crippen LogP contribution in [0.4, 0.5) is 4.79 Å². The lowest BCUT2D eigenvalue weighted by molar-refractivity contribution is -0.148. The minimum atomic E-state index is -0.846. The molecule has 0 spiro atoms. The van der Waals surface area contributed by atoms with Gasteiger partial charge in [0, 0.05) is 29.6 Å². The smallest absolute Gasteiger partial charge is 0.410 e. The lowest BCUT2D eigenvalue weighted by Crippen LogP contribution is -2.54. The first-order chi connectivity index (χ1) is 12.0. The Morgan fingerprint density at radius 1 is 1.12 bits per heavy atom. The maximum Gasteiger partial charge on any atom is 0.410 e. The van der Waals surface area contributed by atoms with Crippen LogP contribution in [0.25, 0.3) is 10.9 Å². The zero-order valence-corrected chi connectivity index (χ0v) is 16.5. The van der Waals surface area contributed by atoms with Gasteiger partial charge in [0.05, 0.1) is 7.11 Å². The van der Waals surface area contributed by atoms with Crippen molar-refractivity contribution in [2.24, 2.45) is 0 Å². The number of hydrogen-bond acceptors (Lipinski definition) is 4. The molecule has 0 aliphatic carbocycles. The van der Waals surface area contributed by atoms with Crippen molar-refractivity contribution in [3.8, 4) is 0 Å². The number of ether oxygens (including phenoxy) is 2. The summed E-state index contributed by atoms with van der Waals surface area (Å²) in [5.74, 6) is -0.492. The second kappa shape index (κ2) is 7.02. The highest BCUT2D eigenvalue weighted by atomic mass is 16.6. The Morgan fingerprint density at radius 2 is 1.73 bits per heavy atom. The molecule has 0 aliphatic heterocycles. The van der Waals surface area contributed by atoms with Gasteiger partial charge in [-0.3, -0.25) is 4.90 Å². The van der Waals surface area contributed by atoms with Crippen molar-refractivity contribution in [1.29, 1.82) is 0 Å². The van der Waals surface area contributed by atoms with Gasteiger partial charge in [0.2, 0.25) is 0 Å². The van der Waals surface area contributed by atoms with Gasteiger partial charge in [0.15, 0.2) is 0 Å². The summed E-state index contributed by atoms with van der Waals surface area (Å²) in [7, 11) is 2.88. The molecule has 0 bridgehead atoms. The third-order valence-corrected chi connectivity index (χ3v) is 4.46. The number of nitrogens with zero attached hydrogens (tertiary/aromatic N) is 1. The zero-order valence-electron chi connectivity index (χ0n) is 16.5. The number of carbonyl (C=O) groups is 2. The number of methoxy groups -OCH3 is 1. The van der Waals surface area contributed by atoms with E-state index in [1.165, 1.54) is 12.0 Å². The van der Waals surface area contributed by atoms with Crippen LogP contribution in [0.1, 0.15) is 40.2 Å². The number of para-hydroxylation sites is 1. The fourth-order valence-corrected chi connectivity index (χ4v) is 3.24. The number of H-pyrrole nitrogens is 1. The number of fused-ring (bicyclic) bond motifs is 1. The first kappa shape index (κ1) is 19.8. The molecule has 2 aromatic rings. The second-order valence-corrected chi connectivity index (χ2v) is 7.99. The molecular formula is C20H28N2O4. The van der Waals surface area contributed by atoms with Crippen molar-refractivity contribution in [3.63, 3.8) is 0 Å². The van der Waals surface area contributed by atoms with Gasteiger partial charge >= 0.3 is 12.1 Å². The van der Waals surface area contributed by atoms with E-state index in [0.717, 1.165) is 16.5 Å². The van der Waals surface area contributed by atoms with Gasteiger partial charge in [0.25, 0.3) is 0 Å². The Hall–Kier alpha value is -2.50. The van der Waals surface area contributed by atoms with E-state index >= 15 is 0 Å². The number of benzene rings is 1. The van der Waals surface area contributed by atoms with Gasteiger partial charge < -0.3 is 14.5 Å². The molecule has 6 heteroatoms. The summed E-state index contributed by atoms with van der Waals surface area (Å²) >= 11 is 0. The number of esters is 1. The lowest BCUT2D eigenvalue weighted by Gasteiger charge is -2.38. The molecule has 6 nitrogen and oxygen atoms in total. The van der Waals surface area contributed by atoms with E-state index in [2.05, 4.69) is 4.98 Å². The highest BCUT2D eigenvalue weighted by Crippen LogP contribution is 2.36. The molecule has 1 amide bonds. The van der Waals surface area contributed by atoms with E-state index in [4.69, 9.17) is 9.47 Å².